The lowest BCUT2D eigenvalue weighted by molar-refractivity contribution is -0.154. The van der Waals surface area contributed by atoms with E-state index in [-0.39, 0.29) is 0 Å². The molecule has 1 N–H and O–H groups in total. The van der Waals surface area contributed by atoms with Crippen LogP contribution in [0.25, 0.3) is 0 Å². The van der Waals surface area contributed by atoms with Crippen molar-refractivity contribution >= 4 is 15.9 Å². The predicted octanol–water partition coefficient (Wildman–Crippen LogP) is 2.59. The molecule has 0 bridgehead atoms. The van der Waals surface area contributed by atoms with Crippen molar-refractivity contribution in [3.8, 4) is 5.88 Å². The third kappa shape index (κ3) is 5.15. The Morgan fingerprint density at radius 3 is 2.58 bits per heavy atom. The van der Waals surface area contributed by atoms with E-state index in [9.17, 15) is 30.8 Å². The first kappa shape index (κ1) is 19.6. The Labute approximate surface area is 145 Å². The van der Waals surface area contributed by atoms with Gasteiger partial charge in [0.05, 0.1) is 4.90 Å². The standard InChI is InChI=1S/C15H12F4N2O4S/c1-9-5-10(16)7-11(6-9)26(23,24)21-13(22)12-3-2-4-20-14(12)25-8-15(17,18)19/h2-7H,8H2,1H3,(H,21,22). The number of sulfonamides is 1. The first-order valence-corrected chi connectivity index (χ1v) is 8.45. The topological polar surface area (TPSA) is 85.4 Å². The van der Waals surface area contributed by atoms with Crippen LogP contribution in [0.2, 0.25) is 0 Å². The molecule has 1 aromatic carbocycles. The zero-order chi connectivity index (χ0) is 19.5. The highest BCUT2D eigenvalue weighted by molar-refractivity contribution is 7.90. The molecule has 1 aromatic heterocycles. The van der Waals surface area contributed by atoms with Gasteiger partial charge in [-0.3, -0.25) is 4.79 Å². The summed E-state index contributed by atoms with van der Waals surface area (Å²) in [5, 5.41) is 0. The number of nitrogens with zero attached hydrogens (tertiary/aromatic N) is 1. The number of alkyl halides is 3. The highest BCUT2D eigenvalue weighted by Crippen LogP contribution is 2.21. The van der Waals surface area contributed by atoms with Gasteiger partial charge in [-0.1, -0.05) is 0 Å². The van der Waals surface area contributed by atoms with Crippen LogP contribution >= 0.6 is 0 Å². The van der Waals surface area contributed by atoms with Crippen molar-refractivity contribution in [1.29, 1.82) is 0 Å². The first-order chi connectivity index (χ1) is 12.0. The second-order valence-corrected chi connectivity index (χ2v) is 6.84. The van der Waals surface area contributed by atoms with Gasteiger partial charge in [-0.2, -0.15) is 13.2 Å². The Morgan fingerprint density at radius 1 is 1.27 bits per heavy atom. The molecule has 0 fully saturated rings. The number of halogens is 4. The highest BCUT2D eigenvalue weighted by Gasteiger charge is 2.30. The number of ether oxygens (including phenoxy) is 1. The lowest BCUT2D eigenvalue weighted by Crippen LogP contribution is -2.31. The number of hydrogen-bond donors (Lipinski definition) is 1. The summed E-state index contributed by atoms with van der Waals surface area (Å²) in [6.45, 7) is -0.256. The van der Waals surface area contributed by atoms with E-state index >= 15 is 0 Å². The Bertz CT molecular complexity index is 909. The Kier molecular flexibility index (Phi) is 5.50. The average Bonchev–Trinajstić information content (AvgIpc) is 2.51. The summed E-state index contributed by atoms with van der Waals surface area (Å²) in [6, 6.07) is 5.18. The SMILES string of the molecule is Cc1cc(F)cc(S(=O)(=O)NC(=O)c2cccnc2OCC(F)(F)F)c1. The molecule has 0 saturated heterocycles. The average molecular weight is 392 g/mol. The van der Waals surface area contributed by atoms with Gasteiger partial charge in [0.2, 0.25) is 5.88 Å². The van der Waals surface area contributed by atoms with Crippen LogP contribution in [0.15, 0.2) is 41.4 Å². The van der Waals surface area contributed by atoms with Crippen molar-refractivity contribution in [2.45, 2.75) is 18.0 Å². The van der Waals surface area contributed by atoms with Gasteiger partial charge in [0.25, 0.3) is 15.9 Å². The minimum Gasteiger partial charge on any atom is -0.467 e. The number of amides is 1. The van der Waals surface area contributed by atoms with E-state index in [0.717, 1.165) is 24.4 Å². The third-order valence-corrected chi connectivity index (χ3v) is 4.25. The number of benzene rings is 1. The number of carbonyl (C=O) groups excluding carboxylic acids is 1. The minimum atomic E-state index is -4.67. The van der Waals surface area contributed by atoms with Crippen LogP contribution in [0, 0.1) is 12.7 Å². The monoisotopic (exact) mass is 392 g/mol. The van der Waals surface area contributed by atoms with Crippen molar-refractivity contribution in [2.75, 3.05) is 6.61 Å². The molecule has 0 unspecified atom stereocenters. The number of aromatic nitrogens is 1. The van der Waals surface area contributed by atoms with Gasteiger partial charge in [-0.25, -0.2) is 22.5 Å². The smallest absolute Gasteiger partial charge is 0.422 e. The summed E-state index contributed by atoms with van der Waals surface area (Å²) in [4.78, 5) is 15.2. The van der Waals surface area contributed by atoms with E-state index in [1.165, 1.54) is 13.0 Å². The second-order valence-electron chi connectivity index (χ2n) is 5.16. The zero-order valence-electron chi connectivity index (χ0n) is 13.2. The van der Waals surface area contributed by atoms with Gasteiger partial charge in [0.15, 0.2) is 6.61 Å². The molecule has 2 rings (SSSR count). The number of carbonyl (C=O) groups is 1. The molecular weight excluding hydrogens is 380 g/mol. The number of pyridine rings is 1. The predicted molar refractivity (Wildman–Crippen MR) is 81.6 cm³/mol. The number of rotatable bonds is 5. The minimum absolute atomic E-state index is 0.299. The summed E-state index contributed by atoms with van der Waals surface area (Å²) in [5.41, 5.74) is -0.221. The van der Waals surface area contributed by atoms with Gasteiger partial charge in [0, 0.05) is 6.20 Å². The zero-order valence-corrected chi connectivity index (χ0v) is 14.0. The Balaban J connectivity index is 2.27. The first-order valence-electron chi connectivity index (χ1n) is 6.97. The van der Waals surface area contributed by atoms with E-state index in [2.05, 4.69) is 9.72 Å². The van der Waals surface area contributed by atoms with Crippen LogP contribution in [0.4, 0.5) is 17.6 Å². The molecule has 2 aromatic rings. The largest absolute Gasteiger partial charge is 0.467 e. The molecule has 6 nitrogen and oxygen atoms in total. The highest BCUT2D eigenvalue weighted by atomic mass is 32.2. The Morgan fingerprint density at radius 2 is 1.96 bits per heavy atom. The van der Waals surface area contributed by atoms with Crippen molar-refractivity contribution in [3.63, 3.8) is 0 Å². The van der Waals surface area contributed by atoms with Crippen LogP contribution in [-0.4, -0.2) is 32.1 Å². The van der Waals surface area contributed by atoms with E-state index < -0.39 is 50.9 Å². The molecule has 0 radical (unpaired) electrons. The number of hydrogen-bond acceptors (Lipinski definition) is 5. The van der Waals surface area contributed by atoms with E-state index in [1.54, 1.807) is 4.72 Å². The maximum atomic E-state index is 13.4. The molecule has 0 aliphatic rings. The van der Waals surface area contributed by atoms with Crippen LogP contribution in [0.1, 0.15) is 15.9 Å². The van der Waals surface area contributed by atoms with Crippen molar-refractivity contribution in [1.82, 2.24) is 9.71 Å². The fraction of sp³-hybridized carbons (Fsp3) is 0.200. The van der Waals surface area contributed by atoms with Gasteiger partial charge >= 0.3 is 6.18 Å². The van der Waals surface area contributed by atoms with Gasteiger partial charge < -0.3 is 4.74 Å². The molecule has 0 spiro atoms. The quantitative estimate of drug-likeness (QED) is 0.791. The molecule has 0 aliphatic heterocycles. The molecule has 1 amide bonds. The summed E-state index contributed by atoms with van der Waals surface area (Å²) in [7, 11) is -4.46. The van der Waals surface area contributed by atoms with Crippen molar-refractivity contribution in [3.05, 3.63) is 53.5 Å². The van der Waals surface area contributed by atoms with Gasteiger partial charge in [0.1, 0.15) is 11.4 Å². The molecule has 1 heterocycles. The van der Waals surface area contributed by atoms with E-state index in [1.807, 2.05) is 0 Å². The maximum absolute atomic E-state index is 13.4. The second kappa shape index (κ2) is 7.28. The fourth-order valence-corrected chi connectivity index (χ4v) is 3.00. The maximum Gasteiger partial charge on any atom is 0.422 e. The molecule has 0 saturated carbocycles. The third-order valence-electron chi connectivity index (χ3n) is 2.94. The lowest BCUT2D eigenvalue weighted by Gasteiger charge is -2.12. The van der Waals surface area contributed by atoms with Crippen LogP contribution in [-0.2, 0) is 10.0 Å². The molecule has 0 aliphatic carbocycles. The number of nitrogens with one attached hydrogen (secondary N) is 1. The fourth-order valence-electron chi connectivity index (χ4n) is 1.92. The molecule has 11 heteroatoms. The van der Waals surface area contributed by atoms with Crippen LogP contribution < -0.4 is 9.46 Å². The number of aryl methyl sites for hydroxylation is 1. The normalized spacial score (nSPS) is 11.9. The summed E-state index contributed by atoms with van der Waals surface area (Å²) >= 11 is 0. The van der Waals surface area contributed by atoms with Crippen molar-refractivity contribution < 1.29 is 35.5 Å². The van der Waals surface area contributed by atoms with Gasteiger partial charge in [-0.05, 0) is 42.8 Å². The molecule has 0 atom stereocenters. The van der Waals surface area contributed by atoms with Crippen LogP contribution in [0.5, 0.6) is 5.88 Å². The summed E-state index contributed by atoms with van der Waals surface area (Å²) in [6.07, 6.45) is -3.59. The molecule has 140 valence electrons. The molecule has 26 heavy (non-hydrogen) atoms. The molecular formula is C15H12F4N2O4S. The van der Waals surface area contributed by atoms with E-state index in [4.69, 9.17) is 0 Å². The van der Waals surface area contributed by atoms with E-state index in [0.29, 0.717) is 11.6 Å². The Hall–Kier alpha value is -2.69. The lowest BCUT2D eigenvalue weighted by atomic mass is 10.2. The van der Waals surface area contributed by atoms with Crippen LogP contribution in [0.3, 0.4) is 0 Å². The summed E-state index contributed by atoms with van der Waals surface area (Å²) in [5.74, 6) is -2.78. The van der Waals surface area contributed by atoms with Gasteiger partial charge in [-0.15, -0.1) is 0 Å². The summed E-state index contributed by atoms with van der Waals surface area (Å²) < 4.78 is 80.6. The van der Waals surface area contributed by atoms with Crippen molar-refractivity contribution in [2.24, 2.45) is 0 Å².